The fourth-order valence-electron chi connectivity index (χ4n) is 2.38. The standard InChI is InChI=1S/C20H27N3O3S/c1-14-17(27-16(23-14)13-15-9-6-5-7-10-15)18(24)21-11-8-12-22-19(25)26-20(2,3)4/h5-7,9-10H,8,11-13H2,1-4H3,(H,21,24)(H,22,25). The number of benzene rings is 1. The van der Waals surface area contributed by atoms with Crippen molar-refractivity contribution in [1.82, 2.24) is 15.6 Å². The number of carbonyl (C=O) groups excluding carboxylic acids is 2. The molecule has 1 aromatic carbocycles. The molecule has 146 valence electrons. The third-order valence-corrected chi connectivity index (χ3v) is 4.71. The summed E-state index contributed by atoms with van der Waals surface area (Å²) >= 11 is 1.42. The summed E-state index contributed by atoms with van der Waals surface area (Å²) in [6.45, 7) is 8.21. The molecule has 6 nitrogen and oxygen atoms in total. The number of thiazole rings is 1. The van der Waals surface area contributed by atoms with E-state index < -0.39 is 11.7 Å². The van der Waals surface area contributed by atoms with Crippen molar-refractivity contribution in [1.29, 1.82) is 0 Å². The molecule has 2 N–H and O–H groups in total. The lowest BCUT2D eigenvalue weighted by Crippen LogP contribution is -2.34. The molecule has 1 aromatic heterocycles. The topological polar surface area (TPSA) is 80.3 Å². The Balaban J connectivity index is 1.75. The van der Waals surface area contributed by atoms with Gasteiger partial charge in [-0.3, -0.25) is 4.79 Å². The van der Waals surface area contributed by atoms with Gasteiger partial charge in [0.25, 0.3) is 5.91 Å². The zero-order chi connectivity index (χ0) is 19.9. The molecule has 27 heavy (non-hydrogen) atoms. The van der Waals surface area contributed by atoms with E-state index in [-0.39, 0.29) is 5.91 Å². The van der Waals surface area contributed by atoms with Crippen LogP contribution in [0.25, 0.3) is 0 Å². The fourth-order valence-corrected chi connectivity index (χ4v) is 3.40. The highest BCUT2D eigenvalue weighted by molar-refractivity contribution is 7.13. The maximum Gasteiger partial charge on any atom is 0.407 e. The SMILES string of the molecule is Cc1nc(Cc2ccccc2)sc1C(=O)NCCCNC(=O)OC(C)(C)C. The molecule has 0 spiro atoms. The minimum Gasteiger partial charge on any atom is -0.444 e. The zero-order valence-corrected chi connectivity index (χ0v) is 17.1. The number of amides is 2. The molecule has 0 aliphatic heterocycles. The summed E-state index contributed by atoms with van der Waals surface area (Å²) in [6.07, 6.45) is 0.900. The van der Waals surface area contributed by atoms with Gasteiger partial charge in [-0.1, -0.05) is 30.3 Å². The van der Waals surface area contributed by atoms with Crippen LogP contribution >= 0.6 is 11.3 Å². The van der Waals surface area contributed by atoms with Crippen LogP contribution in [0.1, 0.15) is 53.1 Å². The molecule has 0 saturated heterocycles. The second-order valence-corrected chi connectivity index (χ2v) is 8.31. The average molecular weight is 390 g/mol. The van der Waals surface area contributed by atoms with Crippen molar-refractivity contribution < 1.29 is 14.3 Å². The van der Waals surface area contributed by atoms with Crippen LogP contribution in [-0.2, 0) is 11.2 Å². The van der Waals surface area contributed by atoms with Gasteiger partial charge in [0.05, 0.1) is 10.7 Å². The van der Waals surface area contributed by atoms with Gasteiger partial charge >= 0.3 is 6.09 Å². The zero-order valence-electron chi connectivity index (χ0n) is 16.3. The second-order valence-electron chi connectivity index (χ2n) is 7.22. The van der Waals surface area contributed by atoms with Crippen LogP contribution in [-0.4, -0.2) is 35.7 Å². The lowest BCUT2D eigenvalue weighted by Gasteiger charge is -2.19. The molecule has 2 amide bonds. The minimum absolute atomic E-state index is 0.124. The normalized spacial score (nSPS) is 11.1. The first-order chi connectivity index (χ1) is 12.7. The first-order valence-electron chi connectivity index (χ1n) is 9.00. The third-order valence-electron chi connectivity index (χ3n) is 3.55. The van der Waals surface area contributed by atoms with Crippen molar-refractivity contribution in [3.63, 3.8) is 0 Å². The number of rotatable bonds is 7. The maximum atomic E-state index is 12.4. The molecule has 0 atom stereocenters. The highest BCUT2D eigenvalue weighted by Gasteiger charge is 2.16. The summed E-state index contributed by atoms with van der Waals surface area (Å²) in [6, 6.07) is 10.1. The first-order valence-corrected chi connectivity index (χ1v) is 9.81. The van der Waals surface area contributed by atoms with Crippen molar-refractivity contribution >= 4 is 23.3 Å². The van der Waals surface area contributed by atoms with Crippen LogP contribution < -0.4 is 10.6 Å². The molecule has 0 saturated carbocycles. The Kier molecular flexibility index (Phi) is 7.36. The van der Waals surface area contributed by atoms with E-state index in [1.54, 1.807) is 0 Å². The van der Waals surface area contributed by atoms with E-state index in [0.29, 0.717) is 24.4 Å². The van der Waals surface area contributed by atoms with E-state index in [0.717, 1.165) is 17.1 Å². The van der Waals surface area contributed by atoms with Crippen LogP contribution in [0.4, 0.5) is 4.79 Å². The lowest BCUT2D eigenvalue weighted by atomic mass is 10.2. The fraction of sp³-hybridized carbons (Fsp3) is 0.450. The van der Waals surface area contributed by atoms with Gasteiger partial charge in [-0.05, 0) is 39.7 Å². The summed E-state index contributed by atoms with van der Waals surface area (Å²) < 4.78 is 5.16. The van der Waals surface area contributed by atoms with Gasteiger partial charge in [0.15, 0.2) is 0 Å². The van der Waals surface area contributed by atoms with E-state index in [1.807, 2.05) is 58.0 Å². The number of alkyl carbamates (subject to hydrolysis) is 1. The van der Waals surface area contributed by atoms with E-state index >= 15 is 0 Å². The number of aromatic nitrogens is 1. The molecule has 1 heterocycles. The Morgan fingerprint density at radius 2 is 1.78 bits per heavy atom. The van der Waals surface area contributed by atoms with E-state index in [4.69, 9.17) is 4.74 Å². The highest BCUT2D eigenvalue weighted by atomic mass is 32.1. The number of hydrogen-bond acceptors (Lipinski definition) is 5. The molecule has 0 aliphatic carbocycles. The molecular weight excluding hydrogens is 362 g/mol. The van der Waals surface area contributed by atoms with Crippen LogP contribution in [0, 0.1) is 6.92 Å². The van der Waals surface area contributed by atoms with Crippen molar-refractivity contribution in [3.8, 4) is 0 Å². The number of ether oxygens (including phenoxy) is 1. The lowest BCUT2D eigenvalue weighted by molar-refractivity contribution is 0.0527. The maximum absolute atomic E-state index is 12.4. The number of aryl methyl sites for hydroxylation is 1. The Morgan fingerprint density at radius 3 is 2.44 bits per heavy atom. The monoisotopic (exact) mass is 389 g/mol. The second kappa shape index (κ2) is 9.50. The average Bonchev–Trinajstić information content (AvgIpc) is 2.94. The van der Waals surface area contributed by atoms with Crippen molar-refractivity contribution in [3.05, 3.63) is 51.5 Å². The van der Waals surface area contributed by atoms with Gasteiger partial charge in [-0.2, -0.15) is 0 Å². The first kappa shape index (κ1) is 20.9. The van der Waals surface area contributed by atoms with E-state index in [2.05, 4.69) is 15.6 Å². The Labute approximate surface area is 164 Å². The molecular formula is C20H27N3O3S. The number of carbonyl (C=O) groups is 2. The summed E-state index contributed by atoms with van der Waals surface area (Å²) in [7, 11) is 0. The molecule has 0 unspecified atom stereocenters. The predicted octanol–water partition coefficient (Wildman–Crippen LogP) is 3.69. The van der Waals surface area contributed by atoms with Gasteiger partial charge in [0.1, 0.15) is 10.5 Å². The van der Waals surface area contributed by atoms with Crippen molar-refractivity contribution in [2.75, 3.05) is 13.1 Å². The Morgan fingerprint density at radius 1 is 1.11 bits per heavy atom. The quantitative estimate of drug-likeness (QED) is 0.708. The predicted molar refractivity (Wildman–Crippen MR) is 107 cm³/mol. The molecule has 0 radical (unpaired) electrons. The number of hydrogen-bond donors (Lipinski definition) is 2. The number of nitrogens with zero attached hydrogens (tertiary/aromatic N) is 1. The Bertz CT molecular complexity index is 767. The molecule has 2 aromatic rings. The number of nitrogens with one attached hydrogen (secondary N) is 2. The van der Waals surface area contributed by atoms with Gasteiger partial charge in [-0.15, -0.1) is 11.3 Å². The summed E-state index contributed by atoms with van der Waals surface area (Å²) in [5.74, 6) is -0.124. The largest absolute Gasteiger partial charge is 0.444 e. The summed E-state index contributed by atoms with van der Waals surface area (Å²) in [4.78, 5) is 29.1. The smallest absolute Gasteiger partial charge is 0.407 e. The van der Waals surface area contributed by atoms with Crippen LogP contribution in [0.2, 0.25) is 0 Å². The molecule has 2 rings (SSSR count). The van der Waals surface area contributed by atoms with Gasteiger partial charge in [-0.25, -0.2) is 9.78 Å². The van der Waals surface area contributed by atoms with Gasteiger partial charge in [0, 0.05) is 19.5 Å². The van der Waals surface area contributed by atoms with Gasteiger partial charge in [0.2, 0.25) is 0 Å². The summed E-state index contributed by atoms with van der Waals surface area (Å²) in [5.41, 5.74) is 1.40. The van der Waals surface area contributed by atoms with Gasteiger partial charge < -0.3 is 15.4 Å². The molecule has 0 bridgehead atoms. The molecule has 0 aliphatic rings. The van der Waals surface area contributed by atoms with Crippen LogP contribution in [0.5, 0.6) is 0 Å². The molecule has 0 fully saturated rings. The van der Waals surface area contributed by atoms with E-state index in [9.17, 15) is 9.59 Å². The van der Waals surface area contributed by atoms with Crippen LogP contribution in [0.3, 0.4) is 0 Å². The third kappa shape index (κ3) is 7.38. The highest BCUT2D eigenvalue weighted by Crippen LogP contribution is 2.20. The minimum atomic E-state index is -0.514. The van der Waals surface area contributed by atoms with Crippen molar-refractivity contribution in [2.45, 2.75) is 46.1 Å². The molecule has 7 heteroatoms. The van der Waals surface area contributed by atoms with Crippen LogP contribution in [0.15, 0.2) is 30.3 Å². The van der Waals surface area contributed by atoms with Crippen molar-refractivity contribution in [2.24, 2.45) is 0 Å². The summed E-state index contributed by atoms with van der Waals surface area (Å²) in [5, 5.41) is 6.48. The Hall–Kier alpha value is -2.41. The van der Waals surface area contributed by atoms with E-state index in [1.165, 1.54) is 16.9 Å².